The van der Waals surface area contributed by atoms with Gasteiger partial charge in [-0.25, -0.2) is 0 Å². The van der Waals surface area contributed by atoms with Crippen LogP contribution in [0.2, 0.25) is 0 Å². The van der Waals surface area contributed by atoms with Gasteiger partial charge in [0.2, 0.25) is 0 Å². The maximum Gasteiger partial charge on any atom is -0.000741 e. The molecule has 1 fully saturated rings. The average molecular weight is 641 g/mol. The van der Waals surface area contributed by atoms with Gasteiger partial charge in [0.05, 0.1) is 0 Å². The van der Waals surface area contributed by atoms with E-state index < -0.39 is 0 Å². The van der Waals surface area contributed by atoms with Crippen molar-refractivity contribution in [2.24, 2.45) is 5.92 Å². The zero-order valence-corrected chi connectivity index (χ0v) is 28.8. The Labute approximate surface area is 295 Å². The van der Waals surface area contributed by atoms with Crippen molar-refractivity contribution in [3.63, 3.8) is 0 Å². The Morgan fingerprint density at radius 2 is 0.880 bits per heavy atom. The summed E-state index contributed by atoms with van der Waals surface area (Å²) in [7, 11) is 0. The number of hydrogen-bond acceptors (Lipinski definition) is 0. The van der Waals surface area contributed by atoms with Gasteiger partial charge in [0.1, 0.15) is 0 Å². The van der Waals surface area contributed by atoms with Crippen LogP contribution in [0, 0.1) is 12.8 Å². The van der Waals surface area contributed by atoms with Gasteiger partial charge in [-0.2, -0.15) is 0 Å². The van der Waals surface area contributed by atoms with E-state index in [1.54, 1.807) is 0 Å². The molecule has 0 nitrogen and oxygen atoms in total. The molecule has 0 aromatic heterocycles. The lowest BCUT2D eigenvalue weighted by Crippen LogP contribution is -1.93. The van der Waals surface area contributed by atoms with Crippen LogP contribution in [0.3, 0.4) is 0 Å². The van der Waals surface area contributed by atoms with Gasteiger partial charge in [-0.3, -0.25) is 0 Å². The minimum atomic E-state index is 1.13. The lowest BCUT2D eigenvalue weighted by Gasteiger charge is -2.20. The molecule has 2 aliphatic rings. The number of rotatable bonds is 5. The summed E-state index contributed by atoms with van der Waals surface area (Å²) in [6, 6.07) is 60.2. The summed E-state index contributed by atoms with van der Waals surface area (Å²) in [5.41, 5.74) is 16.7. The normalized spacial score (nSPS) is 12.8. The monoisotopic (exact) mass is 640 g/mol. The number of hydrogen-bond donors (Lipinski definition) is 0. The summed E-state index contributed by atoms with van der Waals surface area (Å²) in [5, 5.41) is 5.22. The van der Waals surface area contributed by atoms with E-state index in [0.29, 0.717) is 0 Å². The number of aryl methyl sites for hydroxylation is 1. The van der Waals surface area contributed by atoms with Crippen molar-refractivity contribution in [3.05, 3.63) is 169 Å². The van der Waals surface area contributed by atoms with Crippen molar-refractivity contribution in [2.75, 3.05) is 0 Å². The molecule has 0 aliphatic heterocycles. The fourth-order valence-corrected chi connectivity index (χ4v) is 8.08. The molecule has 0 saturated heterocycles. The van der Waals surface area contributed by atoms with E-state index in [-0.39, 0.29) is 0 Å². The minimum absolute atomic E-state index is 1.13. The van der Waals surface area contributed by atoms with Crippen molar-refractivity contribution in [1.82, 2.24) is 0 Å². The van der Waals surface area contributed by atoms with E-state index in [4.69, 9.17) is 0 Å². The predicted octanol–water partition coefficient (Wildman–Crippen LogP) is 14.4. The summed E-state index contributed by atoms with van der Waals surface area (Å²) in [5.74, 6) is 1.13. The molecule has 0 amide bonds. The van der Waals surface area contributed by atoms with E-state index >= 15 is 0 Å². The van der Waals surface area contributed by atoms with Crippen LogP contribution in [0.1, 0.15) is 31.7 Å². The molecule has 240 valence electrons. The lowest BCUT2D eigenvalue weighted by atomic mass is 9.82. The van der Waals surface area contributed by atoms with Crippen LogP contribution in [-0.4, -0.2) is 0 Å². The quantitative estimate of drug-likeness (QED) is 0.176. The van der Waals surface area contributed by atoms with Gasteiger partial charge >= 0.3 is 0 Å². The van der Waals surface area contributed by atoms with Gasteiger partial charge in [0.15, 0.2) is 0 Å². The van der Waals surface area contributed by atoms with E-state index in [1.807, 2.05) is 0 Å². The summed E-state index contributed by atoms with van der Waals surface area (Å²) in [4.78, 5) is 0. The smallest absolute Gasteiger partial charge is 0.000741 e. The molecule has 0 atom stereocenters. The molecule has 0 heteroatoms. The molecule has 50 heavy (non-hydrogen) atoms. The fourth-order valence-electron chi connectivity index (χ4n) is 8.08. The molecule has 8 aromatic rings. The van der Waals surface area contributed by atoms with E-state index in [1.165, 1.54) is 113 Å². The molecular formula is C50H40. The molecule has 0 N–H and O–H groups in total. The first kappa shape index (κ1) is 30.3. The molecule has 2 aliphatic carbocycles. The van der Waals surface area contributed by atoms with Gasteiger partial charge in [-0.15, -0.1) is 0 Å². The van der Waals surface area contributed by atoms with Gasteiger partial charge in [-0.05, 0) is 107 Å². The van der Waals surface area contributed by atoms with Gasteiger partial charge in [-0.1, -0.05) is 189 Å². The highest BCUT2D eigenvalue weighted by Gasteiger charge is 2.31. The van der Waals surface area contributed by atoms with Crippen LogP contribution in [0.4, 0.5) is 0 Å². The predicted molar refractivity (Wildman–Crippen MR) is 215 cm³/mol. The van der Waals surface area contributed by atoms with Crippen LogP contribution in [0.5, 0.6) is 0 Å². The van der Waals surface area contributed by atoms with Gasteiger partial charge in [0, 0.05) is 0 Å². The van der Waals surface area contributed by atoms with Crippen LogP contribution in [0.15, 0.2) is 164 Å². The Bertz CT molecular complexity index is 2420. The topological polar surface area (TPSA) is 0 Å². The third-order valence-electron chi connectivity index (χ3n) is 10.7. The number of fused-ring (bicyclic) bond motifs is 4. The third kappa shape index (κ3) is 5.24. The first-order valence-corrected chi connectivity index (χ1v) is 18.1. The van der Waals surface area contributed by atoms with Crippen LogP contribution in [-0.2, 0) is 0 Å². The minimum Gasteiger partial charge on any atom is -0.0651 e. The Balaban J connectivity index is 0.000000621. The highest BCUT2D eigenvalue weighted by atomic mass is 14.3. The van der Waals surface area contributed by atoms with Crippen LogP contribution in [0.25, 0.3) is 88.3 Å². The molecule has 10 rings (SSSR count). The Kier molecular flexibility index (Phi) is 7.66. The van der Waals surface area contributed by atoms with Gasteiger partial charge in [0.25, 0.3) is 0 Å². The van der Waals surface area contributed by atoms with Crippen LogP contribution < -0.4 is 0 Å². The van der Waals surface area contributed by atoms with E-state index in [0.717, 1.165) is 5.92 Å². The molecule has 0 heterocycles. The van der Waals surface area contributed by atoms with E-state index in [9.17, 15) is 0 Å². The first-order valence-electron chi connectivity index (χ1n) is 18.1. The SMILES string of the molecule is CCC1CC1.Cc1cccc(-c2cccc(-c3ccc4c5c(cccc35)-c3c-4c(-c4ccccc4)c4ccccc4c3-c3ccccc3)c2)c1. The summed E-state index contributed by atoms with van der Waals surface area (Å²) in [6.45, 7) is 4.42. The Morgan fingerprint density at radius 3 is 1.46 bits per heavy atom. The molecule has 8 aromatic carbocycles. The first-order chi connectivity index (χ1) is 24.7. The van der Waals surface area contributed by atoms with Crippen molar-refractivity contribution < 1.29 is 0 Å². The van der Waals surface area contributed by atoms with Crippen molar-refractivity contribution in [2.45, 2.75) is 33.1 Å². The number of benzene rings is 8. The second-order valence-electron chi connectivity index (χ2n) is 14.0. The lowest BCUT2D eigenvalue weighted by molar-refractivity contribution is 0.799. The second-order valence-corrected chi connectivity index (χ2v) is 14.0. The maximum atomic E-state index is 2.38. The summed E-state index contributed by atoms with van der Waals surface area (Å²) < 4.78 is 0. The second kappa shape index (κ2) is 12.6. The average Bonchev–Trinajstić information content (AvgIpc) is 3.97. The Morgan fingerprint density at radius 1 is 0.400 bits per heavy atom. The molecule has 0 unspecified atom stereocenters. The highest BCUT2D eigenvalue weighted by Crippen LogP contribution is 2.58. The molecule has 0 spiro atoms. The van der Waals surface area contributed by atoms with Crippen molar-refractivity contribution in [3.8, 4) is 66.8 Å². The van der Waals surface area contributed by atoms with E-state index in [2.05, 4.69) is 178 Å². The highest BCUT2D eigenvalue weighted by molar-refractivity contribution is 6.28. The third-order valence-corrected chi connectivity index (χ3v) is 10.7. The Hall–Kier alpha value is -5.72. The van der Waals surface area contributed by atoms with Crippen molar-refractivity contribution >= 4 is 21.5 Å². The van der Waals surface area contributed by atoms with Gasteiger partial charge < -0.3 is 0 Å². The molecule has 0 bridgehead atoms. The largest absolute Gasteiger partial charge is 0.0651 e. The summed E-state index contributed by atoms with van der Waals surface area (Å²) in [6.07, 6.45) is 4.44. The standard InChI is InChI=1S/C45H30.C5H10/c1-29-13-10-18-32(27-29)33-19-11-20-34(28-33)35-25-26-40-43-36(35)23-12-24-39(43)44-41(30-14-4-2-5-15-30)37-21-8-9-22-38(37)42(45(40)44)31-16-6-3-7-17-31;1-2-5-3-4-5/h2-28H,1H3;5H,2-4H2,1H3. The summed E-state index contributed by atoms with van der Waals surface area (Å²) >= 11 is 0. The molecule has 1 saturated carbocycles. The molecule has 0 radical (unpaired) electrons. The van der Waals surface area contributed by atoms with Crippen LogP contribution >= 0.6 is 0 Å². The maximum absolute atomic E-state index is 2.38. The zero-order chi connectivity index (χ0) is 33.6. The molecular weight excluding hydrogens is 601 g/mol. The fraction of sp³-hybridized carbons (Fsp3) is 0.120. The van der Waals surface area contributed by atoms with Crippen molar-refractivity contribution in [1.29, 1.82) is 0 Å². The zero-order valence-electron chi connectivity index (χ0n) is 28.8.